The molecule has 0 fully saturated rings. The van der Waals surface area contributed by atoms with Crippen molar-refractivity contribution in [2.75, 3.05) is 0 Å². The van der Waals surface area contributed by atoms with Gasteiger partial charge in [-0.05, 0) is 62.8 Å². The summed E-state index contributed by atoms with van der Waals surface area (Å²) in [5.74, 6) is 1.90. The predicted octanol–water partition coefficient (Wildman–Crippen LogP) is 13.1. The van der Waals surface area contributed by atoms with Gasteiger partial charge in [0.1, 0.15) is 0 Å². The molecule has 0 N–H and O–H groups in total. The highest BCUT2D eigenvalue weighted by atomic mass is 15.0. The van der Waals surface area contributed by atoms with Crippen LogP contribution in [-0.2, 0) is 0 Å². The smallest absolute Gasteiger partial charge is 0.164 e. The molecule has 0 unspecified atom stereocenters. The van der Waals surface area contributed by atoms with Crippen molar-refractivity contribution in [3.8, 4) is 51.0 Å². The Balaban J connectivity index is 1.24. The van der Waals surface area contributed by atoms with Gasteiger partial charge in [0.15, 0.2) is 17.5 Å². The summed E-state index contributed by atoms with van der Waals surface area (Å²) in [6.45, 7) is 0. The van der Waals surface area contributed by atoms with Crippen LogP contribution in [0.25, 0.3) is 105 Å². The summed E-state index contributed by atoms with van der Waals surface area (Å²) in [4.78, 5) is 15.6. The maximum atomic E-state index is 5.29. The Labute approximate surface area is 317 Å². The van der Waals surface area contributed by atoms with Crippen LogP contribution in [0.3, 0.4) is 0 Å². The van der Waals surface area contributed by atoms with Crippen LogP contribution in [0.2, 0.25) is 0 Å². The summed E-state index contributed by atoms with van der Waals surface area (Å²) in [5.41, 5.74) is 8.50. The largest absolute Gasteiger partial charge is 0.308 e. The van der Waals surface area contributed by atoms with Gasteiger partial charge >= 0.3 is 0 Å². The lowest BCUT2D eigenvalue weighted by molar-refractivity contribution is 1.08. The Hall–Kier alpha value is -7.43. The van der Waals surface area contributed by atoms with Crippen LogP contribution >= 0.6 is 0 Å². The highest BCUT2D eigenvalue weighted by molar-refractivity contribution is 6.16. The summed E-state index contributed by atoms with van der Waals surface area (Å²) in [6, 6.07) is 68.8. The average Bonchev–Trinajstić information content (AvgIpc) is 3.57. The standard InChI is InChI=1S/C51H32N4/c1-3-16-34(17-4-1)43-32-45(51-53-49(35-18-5-2-6-19-35)52-50(54-51)39-28-27-33-15-7-8-20-36(33)29-39)40-23-11-12-25-42(40)48(43)55-46-26-14-13-24-41(46)44-30-37-21-9-10-22-38(37)31-47(44)55/h1-32H. The maximum Gasteiger partial charge on any atom is 0.164 e. The van der Waals surface area contributed by atoms with E-state index in [2.05, 4.69) is 180 Å². The molecular formula is C51H32N4. The first-order valence-electron chi connectivity index (χ1n) is 18.6. The van der Waals surface area contributed by atoms with Gasteiger partial charge in [-0.3, -0.25) is 0 Å². The molecule has 11 rings (SSSR count). The number of hydrogen-bond donors (Lipinski definition) is 0. The monoisotopic (exact) mass is 700 g/mol. The Morgan fingerprint density at radius 2 is 0.836 bits per heavy atom. The summed E-state index contributed by atoms with van der Waals surface area (Å²) >= 11 is 0. The number of nitrogens with zero attached hydrogens (tertiary/aromatic N) is 4. The van der Waals surface area contributed by atoms with Crippen LogP contribution in [-0.4, -0.2) is 19.5 Å². The molecule has 256 valence electrons. The summed E-state index contributed by atoms with van der Waals surface area (Å²) in [6.07, 6.45) is 0. The van der Waals surface area contributed by atoms with E-state index in [4.69, 9.17) is 15.0 Å². The van der Waals surface area contributed by atoms with E-state index in [-0.39, 0.29) is 0 Å². The molecule has 4 heteroatoms. The minimum absolute atomic E-state index is 0.630. The number of para-hydroxylation sites is 1. The van der Waals surface area contributed by atoms with E-state index in [1.54, 1.807) is 0 Å². The summed E-state index contributed by atoms with van der Waals surface area (Å²) in [5, 5.41) is 9.39. The van der Waals surface area contributed by atoms with E-state index in [1.807, 2.05) is 18.2 Å². The first-order valence-corrected chi connectivity index (χ1v) is 18.6. The highest BCUT2D eigenvalue weighted by Crippen LogP contribution is 2.44. The van der Waals surface area contributed by atoms with Crippen LogP contribution in [0.4, 0.5) is 0 Å². The highest BCUT2D eigenvalue weighted by Gasteiger charge is 2.23. The fraction of sp³-hybridized carbons (Fsp3) is 0. The van der Waals surface area contributed by atoms with Gasteiger partial charge in [-0.15, -0.1) is 0 Å². The van der Waals surface area contributed by atoms with Gasteiger partial charge in [0.2, 0.25) is 0 Å². The number of fused-ring (bicyclic) bond motifs is 6. The molecule has 0 spiro atoms. The van der Waals surface area contributed by atoms with Gasteiger partial charge in [-0.25, -0.2) is 15.0 Å². The zero-order valence-electron chi connectivity index (χ0n) is 29.8. The van der Waals surface area contributed by atoms with E-state index >= 15 is 0 Å². The molecule has 0 saturated heterocycles. The van der Waals surface area contributed by atoms with Crippen LogP contribution in [0.15, 0.2) is 194 Å². The van der Waals surface area contributed by atoms with Crippen molar-refractivity contribution in [1.29, 1.82) is 0 Å². The lowest BCUT2D eigenvalue weighted by atomic mass is 9.93. The molecule has 0 aliphatic rings. The molecule has 0 aliphatic carbocycles. The zero-order valence-corrected chi connectivity index (χ0v) is 29.8. The van der Waals surface area contributed by atoms with Crippen molar-refractivity contribution in [3.63, 3.8) is 0 Å². The molecule has 55 heavy (non-hydrogen) atoms. The van der Waals surface area contributed by atoms with Crippen molar-refractivity contribution < 1.29 is 0 Å². The SMILES string of the molecule is c1ccc(-c2nc(-c3ccc4ccccc4c3)nc(-c3cc(-c4ccccc4)c(-n4c5ccccc5c5cc6ccccc6cc54)c4ccccc34)n2)cc1. The Kier molecular flexibility index (Phi) is 7.14. The minimum Gasteiger partial charge on any atom is -0.308 e. The Morgan fingerprint density at radius 3 is 1.58 bits per heavy atom. The van der Waals surface area contributed by atoms with Gasteiger partial charge < -0.3 is 4.57 Å². The van der Waals surface area contributed by atoms with Gasteiger partial charge in [-0.1, -0.05) is 164 Å². The molecular weight excluding hydrogens is 669 g/mol. The van der Waals surface area contributed by atoms with Gasteiger partial charge in [0, 0.05) is 38.4 Å². The van der Waals surface area contributed by atoms with Crippen molar-refractivity contribution in [1.82, 2.24) is 19.5 Å². The van der Waals surface area contributed by atoms with E-state index in [0.717, 1.165) is 55.2 Å². The van der Waals surface area contributed by atoms with Crippen LogP contribution in [0.1, 0.15) is 0 Å². The quantitative estimate of drug-likeness (QED) is 0.179. The topological polar surface area (TPSA) is 43.6 Å². The van der Waals surface area contributed by atoms with Crippen LogP contribution < -0.4 is 0 Å². The predicted molar refractivity (Wildman–Crippen MR) is 228 cm³/mol. The lowest BCUT2D eigenvalue weighted by Crippen LogP contribution is -2.03. The summed E-state index contributed by atoms with van der Waals surface area (Å²) < 4.78 is 2.47. The van der Waals surface area contributed by atoms with Gasteiger partial charge in [0.05, 0.1) is 16.7 Å². The molecule has 9 aromatic carbocycles. The molecule has 2 heterocycles. The third-order valence-corrected chi connectivity index (χ3v) is 10.8. The second-order valence-electron chi connectivity index (χ2n) is 14.0. The van der Waals surface area contributed by atoms with Crippen molar-refractivity contribution in [2.24, 2.45) is 0 Å². The molecule has 0 bridgehead atoms. The first-order chi connectivity index (χ1) is 27.3. The van der Waals surface area contributed by atoms with Crippen molar-refractivity contribution >= 4 is 54.1 Å². The van der Waals surface area contributed by atoms with E-state index in [1.165, 1.54) is 32.4 Å². The average molecular weight is 701 g/mol. The number of hydrogen-bond acceptors (Lipinski definition) is 3. The van der Waals surface area contributed by atoms with Crippen molar-refractivity contribution in [3.05, 3.63) is 194 Å². The van der Waals surface area contributed by atoms with E-state index in [9.17, 15) is 0 Å². The normalized spacial score (nSPS) is 11.6. The Morgan fingerprint density at radius 1 is 0.291 bits per heavy atom. The zero-order chi connectivity index (χ0) is 36.3. The Bertz CT molecular complexity index is 3260. The van der Waals surface area contributed by atoms with Crippen molar-refractivity contribution in [2.45, 2.75) is 0 Å². The molecule has 11 aromatic rings. The number of aromatic nitrogens is 4. The van der Waals surface area contributed by atoms with E-state index < -0.39 is 0 Å². The van der Waals surface area contributed by atoms with Gasteiger partial charge in [0.25, 0.3) is 0 Å². The third kappa shape index (κ3) is 5.19. The van der Waals surface area contributed by atoms with Gasteiger partial charge in [-0.2, -0.15) is 0 Å². The molecule has 4 nitrogen and oxygen atoms in total. The molecule has 0 aliphatic heterocycles. The minimum atomic E-state index is 0.630. The maximum absolute atomic E-state index is 5.29. The van der Waals surface area contributed by atoms with Crippen LogP contribution in [0.5, 0.6) is 0 Å². The molecule has 0 amide bonds. The third-order valence-electron chi connectivity index (χ3n) is 10.8. The first kappa shape index (κ1) is 31.1. The number of rotatable bonds is 5. The van der Waals surface area contributed by atoms with E-state index in [0.29, 0.717) is 17.5 Å². The fourth-order valence-electron chi connectivity index (χ4n) is 8.19. The molecule has 0 saturated carbocycles. The second kappa shape index (κ2) is 12.6. The molecule has 2 aromatic heterocycles. The molecule has 0 atom stereocenters. The second-order valence-corrected chi connectivity index (χ2v) is 14.0. The van der Waals surface area contributed by atoms with Crippen LogP contribution in [0, 0.1) is 0 Å². The fourth-order valence-corrected chi connectivity index (χ4v) is 8.19. The lowest BCUT2D eigenvalue weighted by Gasteiger charge is -2.20. The summed E-state index contributed by atoms with van der Waals surface area (Å²) in [7, 11) is 0. The number of benzene rings is 9. The molecule has 0 radical (unpaired) electrons.